The maximum absolute atomic E-state index is 9.62. The summed E-state index contributed by atoms with van der Waals surface area (Å²) >= 11 is 0. The summed E-state index contributed by atoms with van der Waals surface area (Å²) in [7, 11) is 0. The maximum atomic E-state index is 9.62. The van der Waals surface area contributed by atoms with E-state index in [1.165, 1.54) is 0 Å². The normalized spacial score (nSPS) is 12.9. The van der Waals surface area contributed by atoms with Crippen LogP contribution in [0.5, 0.6) is 5.75 Å². The number of aliphatic hydroxyl groups excluding tert-OH is 1. The Labute approximate surface area is 98.3 Å². The van der Waals surface area contributed by atoms with Crippen LogP contribution in [0, 0.1) is 12.8 Å². The Morgan fingerprint density at radius 3 is 2.50 bits per heavy atom. The molecule has 0 aliphatic rings. The fourth-order valence-corrected chi connectivity index (χ4v) is 1.52. The molecule has 1 N–H and O–H groups in total. The molecule has 0 saturated carbocycles. The lowest BCUT2D eigenvalue weighted by Crippen LogP contribution is -2.05. The molecule has 90 valence electrons. The van der Waals surface area contributed by atoms with Crippen LogP contribution in [0.25, 0.3) is 0 Å². The summed E-state index contributed by atoms with van der Waals surface area (Å²) in [4.78, 5) is 0. The van der Waals surface area contributed by atoms with E-state index in [0.717, 1.165) is 23.3 Å². The summed E-state index contributed by atoms with van der Waals surface area (Å²) < 4.78 is 5.73. The lowest BCUT2D eigenvalue weighted by atomic mass is 10.1. The average Bonchev–Trinajstić information content (AvgIpc) is 2.16. The fourth-order valence-electron chi connectivity index (χ4n) is 1.52. The molecule has 0 aliphatic carbocycles. The molecule has 1 aromatic rings. The molecule has 0 saturated heterocycles. The van der Waals surface area contributed by atoms with E-state index in [0.29, 0.717) is 12.5 Å². The van der Waals surface area contributed by atoms with Gasteiger partial charge in [0.1, 0.15) is 5.75 Å². The Bertz CT molecular complexity index is 330. The molecule has 0 heterocycles. The second-order valence-electron chi connectivity index (χ2n) is 4.75. The van der Waals surface area contributed by atoms with Crippen LogP contribution in [0.1, 0.15) is 44.4 Å². The molecule has 1 unspecified atom stereocenters. The first-order valence-corrected chi connectivity index (χ1v) is 5.92. The minimum absolute atomic E-state index is 0.477. The van der Waals surface area contributed by atoms with Gasteiger partial charge in [-0.1, -0.05) is 26.0 Å². The Morgan fingerprint density at radius 2 is 1.94 bits per heavy atom. The number of hydrogen-bond acceptors (Lipinski definition) is 2. The van der Waals surface area contributed by atoms with Crippen molar-refractivity contribution >= 4 is 0 Å². The molecule has 1 aromatic carbocycles. The van der Waals surface area contributed by atoms with Crippen LogP contribution in [0.3, 0.4) is 0 Å². The highest BCUT2D eigenvalue weighted by molar-refractivity contribution is 5.38. The number of rotatable bonds is 5. The van der Waals surface area contributed by atoms with Crippen LogP contribution in [0.4, 0.5) is 0 Å². The quantitative estimate of drug-likeness (QED) is 0.826. The minimum atomic E-state index is -0.477. The van der Waals surface area contributed by atoms with Crippen molar-refractivity contribution in [2.45, 2.75) is 40.2 Å². The second-order valence-corrected chi connectivity index (χ2v) is 4.75. The van der Waals surface area contributed by atoms with Gasteiger partial charge in [-0.25, -0.2) is 0 Å². The predicted molar refractivity (Wildman–Crippen MR) is 66.8 cm³/mol. The Kier molecular flexibility index (Phi) is 4.81. The molecule has 0 radical (unpaired) electrons. The van der Waals surface area contributed by atoms with Crippen LogP contribution in [0.15, 0.2) is 18.2 Å². The molecule has 0 amide bonds. The largest absolute Gasteiger partial charge is 0.493 e. The van der Waals surface area contributed by atoms with E-state index in [4.69, 9.17) is 4.74 Å². The van der Waals surface area contributed by atoms with Gasteiger partial charge in [0.15, 0.2) is 0 Å². The summed E-state index contributed by atoms with van der Waals surface area (Å²) in [6.45, 7) is 8.85. The van der Waals surface area contributed by atoms with E-state index in [1.807, 2.05) is 25.1 Å². The van der Waals surface area contributed by atoms with Crippen LogP contribution in [-0.2, 0) is 0 Å². The molecule has 0 aliphatic heterocycles. The highest BCUT2D eigenvalue weighted by Gasteiger charge is 2.09. The van der Waals surface area contributed by atoms with Crippen molar-refractivity contribution in [2.24, 2.45) is 5.92 Å². The molecule has 0 spiro atoms. The van der Waals surface area contributed by atoms with Crippen LogP contribution in [0.2, 0.25) is 0 Å². The number of benzene rings is 1. The maximum Gasteiger partial charge on any atom is 0.125 e. The van der Waals surface area contributed by atoms with Gasteiger partial charge in [-0.15, -0.1) is 0 Å². The van der Waals surface area contributed by atoms with Crippen LogP contribution < -0.4 is 4.74 Å². The predicted octanol–water partition coefficient (Wildman–Crippen LogP) is 3.47. The van der Waals surface area contributed by atoms with Gasteiger partial charge in [-0.2, -0.15) is 0 Å². The molecule has 2 heteroatoms. The summed E-state index contributed by atoms with van der Waals surface area (Å²) in [5, 5.41) is 9.62. The summed E-state index contributed by atoms with van der Waals surface area (Å²) in [6.07, 6.45) is 0.558. The zero-order chi connectivity index (χ0) is 12.1. The molecule has 2 nitrogen and oxygen atoms in total. The van der Waals surface area contributed by atoms with Gasteiger partial charge in [-0.3, -0.25) is 0 Å². The highest BCUT2D eigenvalue weighted by Crippen LogP contribution is 2.26. The van der Waals surface area contributed by atoms with Crippen molar-refractivity contribution in [3.63, 3.8) is 0 Å². The van der Waals surface area contributed by atoms with Crippen molar-refractivity contribution in [3.05, 3.63) is 29.3 Å². The van der Waals surface area contributed by atoms with Crippen molar-refractivity contribution in [1.29, 1.82) is 0 Å². The zero-order valence-corrected chi connectivity index (χ0v) is 10.7. The van der Waals surface area contributed by atoms with E-state index in [2.05, 4.69) is 13.8 Å². The molecule has 1 atom stereocenters. The first kappa shape index (κ1) is 13.0. The summed E-state index contributed by atoms with van der Waals surface area (Å²) in [5.41, 5.74) is 2.03. The molecule has 0 fully saturated rings. The third-order valence-corrected chi connectivity index (χ3v) is 2.57. The zero-order valence-electron chi connectivity index (χ0n) is 10.7. The lowest BCUT2D eigenvalue weighted by Gasteiger charge is -2.15. The minimum Gasteiger partial charge on any atom is -0.493 e. The Hall–Kier alpha value is -1.02. The molecule has 1 rings (SSSR count). The number of hydrogen-bond donors (Lipinski definition) is 1. The van der Waals surface area contributed by atoms with Gasteiger partial charge in [0, 0.05) is 5.56 Å². The van der Waals surface area contributed by atoms with Crippen molar-refractivity contribution in [3.8, 4) is 5.75 Å². The SMILES string of the molecule is Cc1ccc(C(C)O)c(OCCC(C)C)c1. The van der Waals surface area contributed by atoms with E-state index >= 15 is 0 Å². The van der Waals surface area contributed by atoms with E-state index in [1.54, 1.807) is 6.92 Å². The second kappa shape index (κ2) is 5.90. The fraction of sp³-hybridized carbons (Fsp3) is 0.571. The van der Waals surface area contributed by atoms with Crippen molar-refractivity contribution < 1.29 is 9.84 Å². The van der Waals surface area contributed by atoms with Crippen LogP contribution in [-0.4, -0.2) is 11.7 Å². The van der Waals surface area contributed by atoms with Gasteiger partial charge >= 0.3 is 0 Å². The summed E-state index contributed by atoms with van der Waals surface area (Å²) in [6, 6.07) is 5.92. The summed E-state index contributed by atoms with van der Waals surface area (Å²) in [5.74, 6) is 1.45. The Balaban J connectivity index is 2.72. The smallest absolute Gasteiger partial charge is 0.125 e. The molecular formula is C14H22O2. The average molecular weight is 222 g/mol. The van der Waals surface area contributed by atoms with Crippen molar-refractivity contribution in [2.75, 3.05) is 6.61 Å². The third kappa shape index (κ3) is 3.86. The van der Waals surface area contributed by atoms with Gasteiger partial charge < -0.3 is 9.84 Å². The standard InChI is InChI=1S/C14H22O2/c1-10(2)7-8-16-14-9-11(3)5-6-13(14)12(4)15/h5-6,9-10,12,15H,7-8H2,1-4H3. The van der Waals surface area contributed by atoms with Gasteiger partial charge in [0.05, 0.1) is 12.7 Å². The van der Waals surface area contributed by atoms with Gasteiger partial charge in [-0.05, 0) is 37.8 Å². The van der Waals surface area contributed by atoms with E-state index in [-0.39, 0.29) is 0 Å². The monoisotopic (exact) mass is 222 g/mol. The lowest BCUT2D eigenvalue weighted by molar-refractivity contribution is 0.190. The highest BCUT2D eigenvalue weighted by atomic mass is 16.5. The molecule has 16 heavy (non-hydrogen) atoms. The van der Waals surface area contributed by atoms with Crippen molar-refractivity contribution in [1.82, 2.24) is 0 Å². The van der Waals surface area contributed by atoms with E-state index in [9.17, 15) is 5.11 Å². The molecule has 0 bridgehead atoms. The first-order chi connectivity index (χ1) is 7.50. The number of aryl methyl sites for hydroxylation is 1. The van der Waals surface area contributed by atoms with E-state index < -0.39 is 6.10 Å². The number of ether oxygens (including phenoxy) is 1. The van der Waals surface area contributed by atoms with Gasteiger partial charge in [0.2, 0.25) is 0 Å². The third-order valence-electron chi connectivity index (χ3n) is 2.57. The molecular weight excluding hydrogens is 200 g/mol. The molecule has 0 aromatic heterocycles. The van der Waals surface area contributed by atoms with Crippen LogP contribution >= 0.6 is 0 Å². The Morgan fingerprint density at radius 1 is 1.25 bits per heavy atom. The first-order valence-electron chi connectivity index (χ1n) is 5.92. The number of aliphatic hydroxyl groups is 1. The topological polar surface area (TPSA) is 29.5 Å². The van der Waals surface area contributed by atoms with Gasteiger partial charge in [0.25, 0.3) is 0 Å².